The number of rotatable bonds is 2. The minimum absolute atomic E-state index is 0.198. The number of hydrogen-bond donors (Lipinski definition) is 2. The average molecular weight is 340 g/mol. The molecule has 0 aliphatic carbocycles. The first kappa shape index (κ1) is 14.1. The van der Waals surface area contributed by atoms with E-state index >= 15 is 0 Å². The summed E-state index contributed by atoms with van der Waals surface area (Å²) in [5.41, 5.74) is 1.28. The van der Waals surface area contributed by atoms with Crippen molar-refractivity contribution in [3.63, 3.8) is 0 Å². The van der Waals surface area contributed by atoms with Crippen molar-refractivity contribution in [2.75, 3.05) is 5.32 Å². The monoisotopic (exact) mass is 339 g/mol. The highest BCUT2D eigenvalue weighted by atomic mass is 79.9. The standard InChI is InChI=1S/C14H11BrFNOS/c1-8-3-2-4-12(16)13(8)17-14(18)10-7-9(19)5-6-11(10)15/h2-7,19H,1H3,(H,17,18). The Hall–Kier alpha value is -1.33. The molecule has 2 rings (SSSR count). The van der Waals surface area contributed by atoms with Gasteiger partial charge in [0.25, 0.3) is 5.91 Å². The van der Waals surface area contributed by atoms with Gasteiger partial charge < -0.3 is 5.32 Å². The second-order valence-electron chi connectivity index (χ2n) is 4.05. The first-order valence-corrected chi connectivity index (χ1v) is 6.78. The number of thiol groups is 1. The highest BCUT2D eigenvalue weighted by molar-refractivity contribution is 9.10. The third-order valence-electron chi connectivity index (χ3n) is 2.66. The molecule has 1 amide bonds. The zero-order valence-corrected chi connectivity index (χ0v) is 12.6. The molecule has 2 aromatic rings. The van der Waals surface area contributed by atoms with Gasteiger partial charge in [-0.2, -0.15) is 0 Å². The zero-order valence-electron chi connectivity index (χ0n) is 10.1. The van der Waals surface area contributed by atoms with Crippen molar-refractivity contribution < 1.29 is 9.18 Å². The Morgan fingerprint density at radius 3 is 2.74 bits per heavy atom. The summed E-state index contributed by atoms with van der Waals surface area (Å²) in [5.74, 6) is -0.831. The predicted molar refractivity (Wildman–Crippen MR) is 80.5 cm³/mol. The molecule has 0 aromatic heterocycles. The molecule has 0 unspecified atom stereocenters. The molecular formula is C14H11BrFNOS. The number of benzene rings is 2. The summed E-state index contributed by atoms with van der Waals surface area (Å²) in [6.07, 6.45) is 0. The number of nitrogens with one attached hydrogen (secondary N) is 1. The van der Waals surface area contributed by atoms with E-state index in [9.17, 15) is 9.18 Å². The van der Waals surface area contributed by atoms with Crippen molar-refractivity contribution in [1.82, 2.24) is 0 Å². The Balaban J connectivity index is 2.34. The molecule has 5 heteroatoms. The van der Waals surface area contributed by atoms with Gasteiger partial charge in [-0.3, -0.25) is 4.79 Å². The largest absolute Gasteiger partial charge is 0.319 e. The first-order chi connectivity index (χ1) is 8.99. The van der Waals surface area contributed by atoms with Crippen LogP contribution in [0.5, 0.6) is 0 Å². The molecule has 2 aromatic carbocycles. The summed E-state index contributed by atoms with van der Waals surface area (Å²) < 4.78 is 14.3. The van der Waals surface area contributed by atoms with Crippen LogP contribution in [0.2, 0.25) is 0 Å². The van der Waals surface area contributed by atoms with Crippen molar-refractivity contribution in [1.29, 1.82) is 0 Å². The predicted octanol–water partition coefficient (Wildman–Crippen LogP) is 4.44. The van der Waals surface area contributed by atoms with Gasteiger partial charge in [0.15, 0.2) is 0 Å². The zero-order chi connectivity index (χ0) is 14.0. The van der Waals surface area contributed by atoms with Gasteiger partial charge in [-0.1, -0.05) is 12.1 Å². The maximum Gasteiger partial charge on any atom is 0.256 e. The van der Waals surface area contributed by atoms with Crippen LogP contribution in [-0.2, 0) is 0 Å². The Bertz CT molecular complexity index is 625. The fourth-order valence-electron chi connectivity index (χ4n) is 1.66. The van der Waals surface area contributed by atoms with Gasteiger partial charge in [-0.25, -0.2) is 4.39 Å². The van der Waals surface area contributed by atoms with Crippen molar-refractivity contribution in [2.24, 2.45) is 0 Å². The number of para-hydroxylation sites is 1. The number of anilines is 1. The Morgan fingerprint density at radius 2 is 2.05 bits per heavy atom. The molecule has 0 radical (unpaired) electrons. The second kappa shape index (κ2) is 5.75. The molecule has 0 heterocycles. The molecule has 98 valence electrons. The van der Waals surface area contributed by atoms with E-state index in [1.807, 2.05) is 0 Å². The number of halogens is 2. The van der Waals surface area contributed by atoms with Crippen LogP contribution in [0.15, 0.2) is 45.8 Å². The van der Waals surface area contributed by atoms with Gasteiger partial charge in [-0.05, 0) is 52.7 Å². The smallest absolute Gasteiger partial charge is 0.256 e. The van der Waals surface area contributed by atoms with E-state index < -0.39 is 5.82 Å². The van der Waals surface area contributed by atoms with E-state index in [-0.39, 0.29) is 11.6 Å². The topological polar surface area (TPSA) is 29.1 Å². The number of hydrogen-bond acceptors (Lipinski definition) is 2. The van der Waals surface area contributed by atoms with Crippen molar-refractivity contribution in [3.8, 4) is 0 Å². The molecule has 0 saturated heterocycles. The lowest BCUT2D eigenvalue weighted by atomic mass is 10.1. The van der Waals surface area contributed by atoms with Crippen LogP contribution in [0, 0.1) is 12.7 Å². The van der Waals surface area contributed by atoms with E-state index in [1.54, 1.807) is 37.3 Å². The van der Waals surface area contributed by atoms with E-state index in [2.05, 4.69) is 33.9 Å². The van der Waals surface area contributed by atoms with Crippen LogP contribution in [0.25, 0.3) is 0 Å². The Kier molecular flexibility index (Phi) is 4.27. The normalized spacial score (nSPS) is 10.3. The first-order valence-electron chi connectivity index (χ1n) is 5.54. The summed E-state index contributed by atoms with van der Waals surface area (Å²) in [6, 6.07) is 9.77. The number of carbonyl (C=O) groups excluding carboxylic acids is 1. The Labute approximate surface area is 124 Å². The fraction of sp³-hybridized carbons (Fsp3) is 0.0714. The van der Waals surface area contributed by atoms with Gasteiger partial charge in [-0.15, -0.1) is 12.6 Å². The van der Waals surface area contributed by atoms with Crippen LogP contribution in [0.1, 0.15) is 15.9 Å². The third-order valence-corrected chi connectivity index (χ3v) is 3.62. The molecule has 0 atom stereocenters. The number of carbonyl (C=O) groups is 1. The molecule has 2 nitrogen and oxygen atoms in total. The molecule has 0 spiro atoms. The van der Waals surface area contributed by atoms with E-state index in [1.165, 1.54) is 6.07 Å². The molecule has 0 bridgehead atoms. The summed E-state index contributed by atoms with van der Waals surface area (Å²) in [4.78, 5) is 12.8. The van der Waals surface area contributed by atoms with E-state index in [0.29, 0.717) is 20.5 Å². The average Bonchev–Trinajstić information content (AvgIpc) is 2.37. The fourth-order valence-corrected chi connectivity index (χ4v) is 2.29. The van der Waals surface area contributed by atoms with Gasteiger partial charge in [0.2, 0.25) is 0 Å². The highest BCUT2D eigenvalue weighted by Crippen LogP contribution is 2.24. The van der Waals surface area contributed by atoms with E-state index in [4.69, 9.17) is 0 Å². The van der Waals surface area contributed by atoms with Crippen LogP contribution in [0.3, 0.4) is 0 Å². The van der Waals surface area contributed by atoms with Crippen molar-refractivity contribution >= 4 is 40.2 Å². The maximum absolute atomic E-state index is 13.7. The number of amides is 1. The van der Waals surface area contributed by atoms with E-state index in [0.717, 1.165) is 0 Å². The van der Waals surface area contributed by atoms with Crippen molar-refractivity contribution in [3.05, 3.63) is 57.8 Å². The number of aryl methyl sites for hydroxylation is 1. The third kappa shape index (κ3) is 3.16. The highest BCUT2D eigenvalue weighted by Gasteiger charge is 2.14. The van der Waals surface area contributed by atoms with Gasteiger partial charge in [0.1, 0.15) is 5.82 Å². The molecule has 0 aliphatic heterocycles. The molecule has 19 heavy (non-hydrogen) atoms. The summed E-state index contributed by atoms with van der Waals surface area (Å²) in [7, 11) is 0. The lowest BCUT2D eigenvalue weighted by Gasteiger charge is -2.10. The minimum atomic E-state index is -0.452. The van der Waals surface area contributed by atoms with Gasteiger partial charge in [0, 0.05) is 9.37 Å². The minimum Gasteiger partial charge on any atom is -0.319 e. The molecule has 0 fully saturated rings. The summed E-state index contributed by atoms with van der Waals surface area (Å²) >= 11 is 7.48. The maximum atomic E-state index is 13.7. The SMILES string of the molecule is Cc1cccc(F)c1NC(=O)c1cc(S)ccc1Br. The van der Waals surface area contributed by atoms with Crippen LogP contribution in [0.4, 0.5) is 10.1 Å². The molecular weight excluding hydrogens is 329 g/mol. The quantitative estimate of drug-likeness (QED) is 0.778. The van der Waals surface area contributed by atoms with Gasteiger partial charge in [0.05, 0.1) is 11.3 Å². The molecule has 0 saturated carbocycles. The van der Waals surface area contributed by atoms with Gasteiger partial charge >= 0.3 is 0 Å². The molecule has 1 N–H and O–H groups in total. The van der Waals surface area contributed by atoms with Crippen LogP contribution < -0.4 is 5.32 Å². The summed E-state index contributed by atoms with van der Waals surface area (Å²) in [5, 5.41) is 2.58. The van der Waals surface area contributed by atoms with Crippen LogP contribution >= 0.6 is 28.6 Å². The molecule has 0 aliphatic rings. The lowest BCUT2D eigenvalue weighted by molar-refractivity contribution is 0.102. The Morgan fingerprint density at radius 1 is 1.32 bits per heavy atom. The lowest BCUT2D eigenvalue weighted by Crippen LogP contribution is -2.14. The van der Waals surface area contributed by atoms with Crippen LogP contribution in [-0.4, -0.2) is 5.91 Å². The van der Waals surface area contributed by atoms with Crippen molar-refractivity contribution in [2.45, 2.75) is 11.8 Å². The second-order valence-corrected chi connectivity index (χ2v) is 5.42. The summed E-state index contributed by atoms with van der Waals surface area (Å²) in [6.45, 7) is 1.74.